The second kappa shape index (κ2) is 5.90. The van der Waals surface area contributed by atoms with Crippen molar-refractivity contribution < 1.29 is 9.53 Å². The minimum absolute atomic E-state index is 0.0387. The normalized spacial score (nSPS) is 12.2. The van der Waals surface area contributed by atoms with Gasteiger partial charge in [0.2, 0.25) is 0 Å². The molecule has 0 aliphatic heterocycles. The molecule has 0 radical (unpaired) electrons. The molecule has 0 bridgehead atoms. The van der Waals surface area contributed by atoms with Crippen molar-refractivity contribution in [1.82, 2.24) is 9.55 Å². The van der Waals surface area contributed by atoms with Crippen LogP contribution in [0.4, 0.5) is 0 Å². The number of aryl methyl sites for hydroxylation is 1. The van der Waals surface area contributed by atoms with Crippen LogP contribution in [0.1, 0.15) is 47.1 Å². The SMILES string of the molecule is CCOC(=O)c1cncn1C(C)c1cccc(C)c1C. The van der Waals surface area contributed by atoms with Crippen molar-refractivity contribution in [2.75, 3.05) is 6.61 Å². The molecule has 1 aromatic heterocycles. The Balaban J connectivity index is 2.39. The Morgan fingerprint density at radius 2 is 2.15 bits per heavy atom. The summed E-state index contributed by atoms with van der Waals surface area (Å²) in [5.41, 5.74) is 4.16. The smallest absolute Gasteiger partial charge is 0.356 e. The number of rotatable bonds is 4. The van der Waals surface area contributed by atoms with E-state index in [9.17, 15) is 4.79 Å². The van der Waals surface area contributed by atoms with Gasteiger partial charge in [0.1, 0.15) is 5.69 Å². The highest BCUT2D eigenvalue weighted by atomic mass is 16.5. The summed E-state index contributed by atoms with van der Waals surface area (Å²) in [7, 11) is 0. The van der Waals surface area contributed by atoms with Crippen LogP contribution in [0.5, 0.6) is 0 Å². The molecule has 1 unspecified atom stereocenters. The van der Waals surface area contributed by atoms with Gasteiger partial charge in [0.25, 0.3) is 0 Å². The standard InChI is InChI=1S/C16H20N2O2/c1-5-20-16(19)15-9-17-10-18(15)13(4)14-8-6-7-11(2)12(14)3/h6-10,13H,5H2,1-4H3. The van der Waals surface area contributed by atoms with Gasteiger partial charge in [-0.25, -0.2) is 9.78 Å². The van der Waals surface area contributed by atoms with Crippen molar-refractivity contribution >= 4 is 5.97 Å². The van der Waals surface area contributed by atoms with E-state index in [0.29, 0.717) is 12.3 Å². The topological polar surface area (TPSA) is 44.1 Å². The lowest BCUT2D eigenvalue weighted by Gasteiger charge is -2.19. The van der Waals surface area contributed by atoms with Crippen LogP contribution in [-0.4, -0.2) is 22.1 Å². The molecule has 1 atom stereocenters. The van der Waals surface area contributed by atoms with Gasteiger partial charge in [-0.2, -0.15) is 0 Å². The van der Waals surface area contributed by atoms with Gasteiger partial charge in [0.15, 0.2) is 0 Å². The minimum atomic E-state index is -0.331. The highest BCUT2D eigenvalue weighted by Gasteiger charge is 2.19. The lowest BCUT2D eigenvalue weighted by atomic mass is 9.98. The fourth-order valence-corrected chi connectivity index (χ4v) is 2.35. The van der Waals surface area contributed by atoms with Gasteiger partial charge in [0.05, 0.1) is 25.2 Å². The maximum absolute atomic E-state index is 11.9. The van der Waals surface area contributed by atoms with Crippen LogP contribution in [0.2, 0.25) is 0 Å². The third kappa shape index (κ3) is 2.59. The first-order valence-corrected chi connectivity index (χ1v) is 6.81. The molecule has 0 aliphatic rings. The van der Waals surface area contributed by atoms with Gasteiger partial charge in [-0.15, -0.1) is 0 Å². The summed E-state index contributed by atoms with van der Waals surface area (Å²) in [4.78, 5) is 16.0. The molecule has 106 valence electrons. The van der Waals surface area contributed by atoms with Crippen LogP contribution in [0.3, 0.4) is 0 Å². The van der Waals surface area contributed by atoms with Crippen molar-refractivity contribution in [3.8, 4) is 0 Å². The van der Waals surface area contributed by atoms with Gasteiger partial charge < -0.3 is 9.30 Å². The second-order valence-electron chi connectivity index (χ2n) is 4.87. The molecule has 2 rings (SSSR count). The second-order valence-corrected chi connectivity index (χ2v) is 4.87. The number of imidazole rings is 1. The number of esters is 1. The molecule has 1 aromatic carbocycles. The maximum atomic E-state index is 11.9. The van der Waals surface area contributed by atoms with Crippen molar-refractivity contribution in [3.05, 3.63) is 53.1 Å². The number of carbonyl (C=O) groups is 1. The van der Waals surface area contributed by atoms with Crippen LogP contribution in [0.15, 0.2) is 30.7 Å². The van der Waals surface area contributed by atoms with Crippen LogP contribution >= 0.6 is 0 Å². The van der Waals surface area contributed by atoms with Gasteiger partial charge >= 0.3 is 5.97 Å². The van der Waals surface area contributed by atoms with Crippen LogP contribution in [0, 0.1) is 13.8 Å². The fraction of sp³-hybridized carbons (Fsp3) is 0.375. The predicted molar refractivity (Wildman–Crippen MR) is 77.9 cm³/mol. The van der Waals surface area contributed by atoms with Gasteiger partial charge in [-0.05, 0) is 44.4 Å². The molecule has 4 heteroatoms. The molecule has 0 aliphatic carbocycles. The number of hydrogen-bond acceptors (Lipinski definition) is 3. The Morgan fingerprint density at radius 1 is 1.40 bits per heavy atom. The molecule has 20 heavy (non-hydrogen) atoms. The zero-order chi connectivity index (χ0) is 14.7. The molecule has 0 saturated carbocycles. The van der Waals surface area contributed by atoms with Gasteiger partial charge in [-0.3, -0.25) is 0 Å². The Bertz CT molecular complexity index is 617. The van der Waals surface area contributed by atoms with Crippen LogP contribution in [-0.2, 0) is 4.74 Å². The maximum Gasteiger partial charge on any atom is 0.356 e. The number of benzene rings is 1. The highest BCUT2D eigenvalue weighted by Crippen LogP contribution is 2.25. The fourth-order valence-electron chi connectivity index (χ4n) is 2.35. The van der Waals surface area contributed by atoms with Gasteiger partial charge in [0, 0.05) is 0 Å². The van der Waals surface area contributed by atoms with E-state index in [1.807, 2.05) is 10.6 Å². The largest absolute Gasteiger partial charge is 0.461 e. The molecule has 1 heterocycles. The van der Waals surface area contributed by atoms with E-state index in [1.54, 1.807) is 19.4 Å². The molecule has 4 nitrogen and oxygen atoms in total. The Kier molecular flexibility index (Phi) is 4.23. The van der Waals surface area contributed by atoms with E-state index < -0.39 is 0 Å². The summed E-state index contributed by atoms with van der Waals surface area (Å²) in [5.74, 6) is -0.331. The average Bonchev–Trinajstić information content (AvgIpc) is 2.91. The molecule has 0 N–H and O–H groups in total. The lowest BCUT2D eigenvalue weighted by molar-refractivity contribution is 0.0512. The zero-order valence-corrected chi connectivity index (χ0v) is 12.4. The van der Waals surface area contributed by atoms with Crippen molar-refractivity contribution in [2.45, 2.75) is 33.7 Å². The Morgan fingerprint density at radius 3 is 2.85 bits per heavy atom. The number of carbonyl (C=O) groups excluding carboxylic acids is 1. The van der Waals surface area contributed by atoms with E-state index in [2.05, 4.69) is 37.9 Å². The quantitative estimate of drug-likeness (QED) is 0.802. The van der Waals surface area contributed by atoms with Crippen molar-refractivity contribution in [1.29, 1.82) is 0 Å². The van der Waals surface area contributed by atoms with E-state index >= 15 is 0 Å². The first-order chi connectivity index (χ1) is 9.56. The third-order valence-corrected chi connectivity index (χ3v) is 3.66. The monoisotopic (exact) mass is 272 g/mol. The summed E-state index contributed by atoms with van der Waals surface area (Å²) in [6, 6.07) is 6.25. The number of aromatic nitrogens is 2. The summed E-state index contributed by atoms with van der Waals surface area (Å²) in [6.45, 7) is 8.41. The lowest BCUT2D eigenvalue weighted by Crippen LogP contribution is -2.16. The first-order valence-electron chi connectivity index (χ1n) is 6.81. The number of hydrogen-bond donors (Lipinski definition) is 0. The third-order valence-electron chi connectivity index (χ3n) is 3.66. The number of ether oxygens (including phenoxy) is 1. The molecular weight excluding hydrogens is 252 g/mol. The van der Waals surface area contributed by atoms with Crippen LogP contribution in [0.25, 0.3) is 0 Å². The molecule has 0 amide bonds. The Labute approximate surface area is 119 Å². The van der Waals surface area contributed by atoms with E-state index in [-0.39, 0.29) is 12.0 Å². The molecule has 0 spiro atoms. The summed E-state index contributed by atoms with van der Waals surface area (Å²) in [6.07, 6.45) is 3.23. The van der Waals surface area contributed by atoms with Gasteiger partial charge in [-0.1, -0.05) is 18.2 Å². The molecular formula is C16H20N2O2. The van der Waals surface area contributed by atoms with E-state index in [1.165, 1.54) is 16.7 Å². The molecule has 0 saturated heterocycles. The average molecular weight is 272 g/mol. The summed E-state index contributed by atoms with van der Waals surface area (Å²) in [5, 5.41) is 0. The highest BCUT2D eigenvalue weighted by molar-refractivity contribution is 5.87. The molecule has 2 aromatic rings. The summed E-state index contributed by atoms with van der Waals surface area (Å²) >= 11 is 0. The van der Waals surface area contributed by atoms with E-state index in [0.717, 1.165) is 0 Å². The zero-order valence-electron chi connectivity index (χ0n) is 12.4. The molecule has 0 fully saturated rings. The van der Waals surface area contributed by atoms with Crippen molar-refractivity contribution in [3.63, 3.8) is 0 Å². The Hall–Kier alpha value is -2.10. The van der Waals surface area contributed by atoms with Crippen LogP contribution < -0.4 is 0 Å². The minimum Gasteiger partial charge on any atom is -0.461 e. The first kappa shape index (κ1) is 14.3. The van der Waals surface area contributed by atoms with Crippen molar-refractivity contribution in [2.24, 2.45) is 0 Å². The predicted octanol–water partition coefficient (Wildman–Crippen LogP) is 3.29. The van der Waals surface area contributed by atoms with E-state index in [4.69, 9.17) is 4.74 Å². The number of nitrogens with zero attached hydrogens (tertiary/aromatic N) is 2. The summed E-state index contributed by atoms with van der Waals surface area (Å²) < 4.78 is 6.93.